The molecule has 4 rings (SSSR count). The van der Waals surface area contributed by atoms with E-state index in [9.17, 15) is 14.0 Å². The minimum absolute atomic E-state index is 0.0808. The number of carbonyl (C=O) groups excluding carboxylic acids is 2. The van der Waals surface area contributed by atoms with Crippen LogP contribution in [0, 0.1) is 5.82 Å². The number of nitrogens with one attached hydrogen (secondary N) is 1. The van der Waals surface area contributed by atoms with Crippen molar-refractivity contribution in [2.75, 3.05) is 6.54 Å². The van der Waals surface area contributed by atoms with Crippen LogP contribution in [0.15, 0.2) is 61.2 Å². The van der Waals surface area contributed by atoms with Gasteiger partial charge in [0.2, 0.25) is 5.91 Å². The maximum Gasteiger partial charge on any atom is 0.254 e. The van der Waals surface area contributed by atoms with Crippen LogP contribution in [0.25, 0.3) is 11.4 Å². The normalized spacial score (nSPS) is 16.1. The second-order valence-electron chi connectivity index (χ2n) is 6.82. The van der Waals surface area contributed by atoms with E-state index in [2.05, 4.69) is 20.3 Å². The molecule has 3 aromatic rings. The lowest BCUT2D eigenvalue weighted by Gasteiger charge is -2.17. The molecule has 1 aliphatic heterocycles. The average molecular weight is 391 g/mol. The van der Waals surface area contributed by atoms with Gasteiger partial charge in [-0.25, -0.2) is 14.4 Å². The van der Waals surface area contributed by atoms with Gasteiger partial charge in [0.15, 0.2) is 5.82 Å². The Balaban J connectivity index is 1.37. The molecule has 29 heavy (non-hydrogen) atoms. The predicted octanol–water partition coefficient (Wildman–Crippen LogP) is 2.21. The van der Waals surface area contributed by atoms with E-state index in [0.717, 1.165) is 5.56 Å². The van der Waals surface area contributed by atoms with Crippen molar-refractivity contribution in [1.82, 2.24) is 25.2 Å². The van der Waals surface area contributed by atoms with Gasteiger partial charge in [-0.3, -0.25) is 14.6 Å². The maximum atomic E-state index is 13.3. The standard InChI is InChI=1S/C21H18FN5O2/c22-17-5-1-3-14(7-17)12-27-13-18(8-19(27)28)26-21(29)16-10-24-20(25-11-16)15-4-2-6-23-9-15/h1-7,9-11,18H,8,12-13H2,(H,26,29)/t18-/m0/s1. The molecule has 0 bridgehead atoms. The summed E-state index contributed by atoms with van der Waals surface area (Å²) in [7, 11) is 0. The fourth-order valence-electron chi connectivity index (χ4n) is 3.24. The fraction of sp³-hybridized carbons (Fsp3) is 0.190. The van der Waals surface area contributed by atoms with Crippen LogP contribution in [0.3, 0.4) is 0 Å². The number of amides is 2. The quantitative estimate of drug-likeness (QED) is 0.720. The maximum absolute atomic E-state index is 13.3. The summed E-state index contributed by atoms with van der Waals surface area (Å²) in [4.78, 5) is 38.8. The average Bonchev–Trinajstić information content (AvgIpc) is 3.07. The molecule has 1 aromatic carbocycles. The molecule has 1 N–H and O–H groups in total. The van der Waals surface area contributed by atoms with Gasteiger partial charge in [-0.05, 0) is 29.8 Å². The van der Waals surface area contributed by atoms with Gasteiger partial charge >= 0.3 is 0 Å². The summed E-state index contributed by atoms with van der Waals surface area (Å²) in [6, 6.07) is 9.44. The number of pyridine rings is 1. The molecule has 2 aromatic heterocycles. The van der Waals surface area contributed by atoms with Crippen LogP contribution in [-0.2, 0) is 11.3 Å². The lowest BCUT2D eigenvalue weighted by molar-refractivity contribution is -0.128. The summed E-state index contributed by atoms with van der Waals surface area (Å²) in [5.41, 5.74) is 1.78. The van der Waals surface area contributed by atoms with Crippen molar-refractivity contribution in [2.24, 2.45) is 0 Å². The number of halogens is 1. The number of aromatic nitrogens is 3. The highest BCUT2D eigenvalue weighted by Crippen LogP contribution is 2.17. The molecule has 8 heteroatoms. The number of benzene rings is 1. The number of hydrogen-bond acceptors (Lipinski definition) is 5. The largest absolute Gasteiger partial charge is 0.347 e. The molecule has 1 atom stereocenters. The summed E-state index contributed by atoms with van der Waals surface area (Å²) in [6.07, 6.45) is 6.41. The van der Waals surface area contributed by atoms with Gasteiger partial charge in [0.05, 0.1) is 11.6 Å². The first-order valence-corrected chi connectivity index (χ1v) is 9.14. The molecule has 7 nitrogen and oxygen atoms in total. The SMILES string of the molecule is O=C(N[C@H]1CC(=O)N(Cc2cccc(F)c2)C1)c1cnc(-c2cccnc2)nc1. The Morgan fingerprint density at radius 1 is 1.17 bits per heavy atom. The molecule has 1 saturated heterocycles. The number of rotatable bonds is 5. The molecule has 3 heterocycles. The van der Waals surface area contributed by atoms with E-state index in [1.54, 1.807) is 35.5 Å². The Kier molecular flexibility index (Phi) is 5.24. The highest BCUT2D eigenvalue weighted by molar-refractivity contribution is 5.94. The van der Waals surface area contributed by atoms with Crippen LogP contribution in [-0.4, -0.2) is 44.3 Å². The minimum atomic E-state index is -0.340. The molecule has 1 aliphatic rings. The Bertz CT molecular complexity index is 1030. The van der Waals surface area contributed by atoms with Crippen LogP contribution in [0.5, 0.6) is 0 Å². The van der Waals surface area contributed by atoms with Crippen LogP contribution in [0.4, 0.5) is 4.39 Å². The van der Waals surface area contributed by atoms with Crippen LogP contribution >= 0.6 is 0 Å². The molecular formula is C21H18FN5O2. The summed E-state index contributed by atoms with van der Waals surface area (Å²) < 4.78 is 13.3. The summed E-state index contributed by atoms with van der Waals surface area (Å²) in [5.74, 6) is -0.281. The zero-order valence-electron chi connectivity index (χ0n) is 15.5. The van der Waals surface area contributed by atoms with Crippen molar-refractivity contribution in [3.63, 3.8) is 0 Å². The third kappa shape index (κ3) is 4.43. The van der Waals surface area contributed by atoms with Crippen molar-refractivity contribution in [3.8, 4) is 11.4 Å². The Labute approximate surface area is 166 Å². The van der Waals surface area contributed by atoms with E-state index < -0.39 is 0 Å². The highest BCUT2D eigenvalue weighted by atomic mass is 19.1. The van der Waals surface area contributed by atoms with Gasteiger partial charge in [0.1, 0.15) is 5.82 Å². The van der Waals surface area contributed by atoms with Gasteiger partial charge in [0.25, 0.3) is 5.91 Å². The molecule has 2 amide bonds. The predicted molar refractivity (Wildman–Crippen MR) is 103 cm³/mol. The third-order valence-electron chi connectivity index (χ3n) is 4.65. The first kappa shape index (κ1) is 18.7. The Morgan fingerprint density at radius 2 is 2.00 bits per heavy atom. The van der Waals surface area contributed by atoms with Gasteiger partial charge in [-0.1, -0.05) is 12.1 Å². The van der Waals surface area contributed by atoms with Gasteiger partial charge in [-0.2, -0.15) is 0 Å². The van der Waals surface area contributed by atoms with Crippen molar-refractivity contribution in [2.45, 2.75) is 19.0 Å². The van der Waals surface area contributed by atoms with Crippen LogP contribution in [0.2, 0.25) is 0 Å². The van der Waals surface area contributed by atoms with Crippen molar-refractivity contribution in [1.29, 1.82) is 0 Å². The first-order chi connectivity index (χ1) is 14.1. The molecular weight excluding hydrogens is 373 g/mol. The zero-order valence-corrected chi connectivity index (χ0v) is 15.5. The lowest BCUT2D eigenvalue weighted by atomic mass is 10.2. The van der Waals surface area contributed by atoms with Gasteiger partial charge < -0.3 is 10.2 Å². The van der Waals surface area contributed by atoms with E-state index >= 15 is 0 Å². The fourth-order valence-corrected chi connectivity index (χ4v) is 3.24. The van der Waals surface area contributed by atoms with E-state index in [4.69, 9.17) is 0 Å². The highest BCUT2D eigenvalue weighted by Gasteiger charge is 2.30. The van der Waals surface area contributed by atoms with Crippen molar-refractivity contribution >= 4 is 11.8 Å². The molecule has 0 spiro atoms. The van der Waals surface area contributed by atoms with Gasteiger partial charge in [0, 0.05) is 49.9 Å². The van der Waals surface area contributed by atoms with Gasteiger partial charge in [-0.15, -0.1) is 0 Å². The molecule has 0 saturated carbocycles. The monoisotopic (exact) mass is 391 g/mol. The summed E-state index contributed by atoms with van der Waals surface area (Å²) >= 11 is 0. The molecule has 0 unspecified atom stereocenters. The topological polar surface area (TPSA) is 88.1 Å². The Morgan fingerprint density at radius 3 is 2.72 bits per heavy atom. The molecule has 0 radical (unpaired) electrons. The second kappa shape index (κ2) is 8.14. The summed E-state index contributed by atoms with van der Waals surface area (Å²) in [6.45, 7) is 0.682. The van der Waals surface area contributed by atoms with E-state index in [-0.39, 0.29) is 30.1 Å². The van der Waals surface area contributed by atoms with E-state index in [0.29, 0.717) is 30.0 Å². The molecule has 146 valence electrons. The molecule has 0 aliphatic carbocycles. The Hall–Kier alpha value is -3.68. The first-order valence-electron chi connectivity index (χ1n) is 9.14. The van der Waals surface area contributed by atoms with Crippen LogP contribution in [0.1, 0.15) is 22.3 Å². The van der Waals surface area contributed by atoms with Crippen molar-refractivity contribution in [3.05, 3.63) is 78.1 Å². The van der Waals surface area contributed by atoms with Crippen LogP contribution < -0.4 is 5.32 Å². The smallest absolute Gasteiger partial charge is 0.254 e. The van der Waals surface area contributed by atoms with Crippen molar-refractivity contribution < 1.29 is 14.0 Å². The number of likely N-dealkylation sites (tertiary alicyclic amines) is 1. The third-order valence-corrected chi connectivity index (χ3v) is 4.65. The number of carbonyl (C=O) groups is 2. The van der Waals surface area contributed by atoms with E-state index in [1.165, 1.54) is 24.5 Å². The molecule has 1 fully saturated rings. The lowest BCUT2D eigenvalue weighted by Crippen LogP contribution is -2.37. The number of nitrogens with zero attached hydrogens (tertiary/aromatic N) is 4. The van der Waals surface area contributed by atoms with E-state index in [1.807, 2.05) is 6.07 Å². The summed E-state index contributed by atoms with van der Waals surface area (Å²) in [5, 5.41) is 2.84. The minimum Gasteiger partial charge on any atom is -0.347 e. The second-order valence-corrected chi connectivity index (χ2v) is 6.82. The number of hydrogen-bond donors (Lipinski definition) is 1. The zero-order chi connectivity index (χ0) is 20.2.